The Balaban J connectivity index is 1.29. The van der Waals surface area contributed by atoms with E-state index < -0.39 is 28.8 Å². The summed E-state index contributed by atoms with van der Waals surface area (Å²) in [7, 11) is 0. The fourth-order valence-corrected chi connectivity index (χ4v) is 6.84. The Bertz CT molecular complexity index is 1930. The molecule has 2 bridgehead atoms. The van der Waals surface area contributed by atoms with Gasteiger partial charge in [-0.3, -0.25) is 0 Å². The van der Waals surface area contributed by atoms with Gasteiger partial charge in [0.2, 0.25) is 0 Å². The molecule has 3 fully saturated rings. The normalized spacial score (nSPS) is 19.8. The lowest BCUT2D eigenvalue weighted by Crippen LogP contribution is -2.52. The van der Waals surface area contributed by atoms with Gasteiger partial charge in [0.15, 0.2) is 17.3 Å². The first kappa shape index (κ1) is 26.3. The van der Waals surface area contributed by atoms with Crippen LogP contribution in [0.4, 0.5) is 14.6 Å². The summed E-state index contributed by atoms with van der Waals surface area (Å²) < 4.78 is 33.7. The van der Waals surface area contributed by atoms with E-state index >= 15 is 4.39 Å². The Morgan fingerprint density at radius 1 is 0.953 bits per heavy atom. The first-order valence-electron chi connectivity index (χ1n) is 14.2. The molecule has 0 radical (unpaired) electrons. The predicted molar refractivity (Wildman–Crippen MR) is 158 cm³/mol. The molecular formula is C30H26F2N8O2S. The third-order valence-corrected chi connectivity index (χ3v) is 9.08. The molecule has 2 aliphatic heterocycles. The lowest BCUT2D eigenvalue weighted by Gasteiger charge is -2.34. The third kappa shape index (κ3) is 4.72. The average Bonchev–Trinajstić information content (AvgIpc) is 3.65. The maximum absolute atomic E-state index is 15.8. The van der Waals surface area contributed by atoms with Gasteiger partial charge >= 0.3 is 5.69 Å². The Morgan fingerprint density at radius 3 is 2.51 bits per heavy atom. The minimum Gasteiger partial charge on any atom is -0.507 e. The highest BCUT2D eigenvalue weighted by molar-refractivity contribution is 7.97. The van der Waals surface area contributed by atoms with Crippen molar-refractivity contribution < 1.29 is 13.9 Å². The largest absolute Gasteiger partial charge is 0.507 e. The van der Waals surface area contributed by atoms with Crippen LogP contribution in [-0.4, -0.2) is 59.0 Å². The Morgan fingerprint density at radius 2 is 1.74 bits per heavy atom. The second-order valence-corrected chi connectivity index (χ2v) is 12.3. The molecule has 8 rings (SSSR count). The number of aromatic hydroxyl groups is 1. The highest BCUT2D eigenvalue weighted by Crippen LogP contribution is 2.39. The fraction of sp³-hybridized carbons (Fsp3) is 0.300. The molecule has 2 saturated heterocycles. The van der Waals surface area contributed by atoms with Gasteiger partial charge in [0.1, 0.15) is 29.4 Å². The number of piperazine rings is 1. The fourth-order valence-electron chi connectivity index (χ4n) is 6.09. The molecule has 43 heavy (non-hydrogen) atoms. The zero-order chi connectivity index (χ0) is 29.2. The minimum atomic E-state index is -0.832. The van der Waals surface area contributed by atoms with Gasteiger partial charge in [0, 0.05) is 47.9 Å². The lowest BCUT2D eigenvalue weighted by atomic mass is 10.1. The number of fused-ring (bicyclic) bond motifs is 3. The van der Waals surface area contributed by atoms with Crippen molar-refractivity contribution in [1.29, 1.82) is 0 Å². The summed E-state index contributed by atoms with van der Waals surface area (Å²) in [5.74, 6) is -0.536. The number of phenols is 1. The molecule has 2 atom stereocenters. The number of benzene rings is 2. The zero-order valence-corrected chi connectivity index (χ0v) is 23.6. The Hall–Kier alpha value is -4.36. The Kier molecular flexibility index (Phi) is 6.19. The van der Waals surface area contributed by atoms with Crippen LogP contribution in [0.5, 0.6) is 5.75 Å². The number of nitrogens with one attached hydrogen (secondary N) is 1. The smallest absolute Gasteiger partial charge is 0.355 e. The summed E-state index contributed by atoms with van der Waals surface area (Å²) in [6, 6.07) is 12.7. The number of anilines is 1. The highest BCUT2D eigenvalue weighted by Gasteiger charge is 2.34. The number of hydrogen-bond donors (Lipinski definition) is 2. The van der Waals surface area contributed by atoms with Crippen molar-refractivity contribution in [2.24, 2.45) is 0 Å². The molecule has 1 aliphatic carbocycles. The van der Waals surface area contributed by atoms with E-state index in [0.717, 1.165) is 42.5 Å². The van der Waals surface area contributed by atoms with Gasteiger partial charge in [-0.2, -0.15) is 9.07 Å². The number of phenolic OH excluding ortho intramolecular Hbond substituents is 1. The number of halogens is 2. The standard InChI is InChI=1S/C30H26F2N8O2S/c31-22-5-2-6-24(41)25(22)26-23(32)12-21-28(38-13-17-9-10-18(14-38)34-17)36-30(42)40(29(21)35-26)19-3-1-4-20(11-19)43-39-15-33-27(37-39)16-7-8-16/h1-6,11-12,15-18,34,41H,7-10,13-14H2. The van der Waals surface area contributed by atoms with E-state index in [-0.39, 0.29) is 23.3 Å². The van der Waals surface area contributed by atoms with Crippen molar-refractivity contribution in [2.75, 3.05) is 18.0 Å². The summed E-state index contributed by atoms with van der Waals surface area (Å²) in [5, 5.41) is 18.9. The minimum absolute atomic E-state index is 0.110. The van der Waals surface area contributed by atoms with Crippen molar-refractivity contribution in [2.45, 2.75) is 48.6 Å². The van der Waals surface area contributed by atoms with Crippen LogP contribution in [0.3, 0.4) is 0 Å². The molecule has 5 aromatic rings. The molecular weight excluding hydrogens is 574 g/mol. The predicted octanol–water partition coefficient (Wildman–Crippen LogP) is 4.40. The number of pyridine rings is 1. The second-order valence-electron chi connectivity index (χ2n) is 11.3. The van der Waals surface area contributed by atoms with Gasteiger partial charge in [0.25, 0.3) is 0 Å². The van der Waals surface area contributed by atoms with Crippen LogP contribution in [0, 0.1) is 11.6 Å². The van der Waals surface area contributed by atoms with Crippen LogP contribution in [0.1, 0.15) is 37.4 Å². The first-order chi connectivity index (χ1) is 20.9. The van der Waals surface area contributed by atoms with Gasteiger partial charge in [-0.1, -0.05) is 12.1 Å². The number of rotatable bonds is 6. The van der Waals surface area contributed by atoms with E-state index in [4.69, 9.17) is 0 Å². The van der Waals surface area contributed by atoms with Crippen molar-refractivity contribution in [3.63, 3.8) is 0 Å². The van der Waals surface area contributed by atoms with Gasteiger partial charge in [-0.25, -0.2) is 28.1 Å². The van der Waals surface area contributed by atoms with E-state index in [1.54, 1.807) is 28.6 Å². The van der Waals surface area contributed by atoms with Crippen LogP contribution < -0.4 is 15.9 Å². The zero-order valence-electron chi connectivity index (χ0n) is 22.8. The van der Waals surface area contributed by atoms with E-state index in [2.05, 4.69) is 25.4 Å². The molecule has 1 saturated carbocycles. The van der Waals surface area contributed by atoms with Crippen LogP contribution >= 0.6 is 11.9 Å². The summed E-state index contributed by atoms with van der Waals surface area (Å²) in [6.45, 7) is 1.23. The molecule has 0 spiro atoms. The maximum Gasteiger partial charge on any atom is 0.355 e. The number of hydrogen-bond acceptors (Lipinski definition) is 9. The molecule has 13 heteroatoms. The van der Waals surface area contributed by atoms with Crippen molar-refractivity contribution in [3.8, 4) is 22.7 Å². The summed E-state index contributed by atoms with van der Waals surface area (Å²) in [6.07, 6.45) is 5.88. The quantitative estimate of drug-likeness (QED) is 0.293. The molecule has 10 nitrogen and oxygen atoms in total. The number of nitrogens with zero attached hydrogens (tertiary/aromatic N) is 7. The van der Waals surface area contributed by atoms with Crippen LogP contribution in [0.25, 0.3) is 28.0 Å². The molecule has 218 valence electrons. The van der Waals surface area contributed by atoms with Crippen LogP contribution in [0.2, 0.25) is 0 Å². The molecule has 2 N–H and O–H groups in total. The summed E-state index contributed by atoms with van der Waals surface area (Å²) >= 11 is 1.34. The molecule has 2 aromatic carbocycles. The molecule has 5 heterocycles. The van der Waals surface area contributed by atoms with E-state index in [1.807, 2.05) is 11.0 Å². The molecule has 3 aromatic heterocycles. The van der Waals surface area contributed by atoms with Gasteiger partial charge in [-0.05, 0) is 62.1 Å². The third-order valence-electron chi connectivity index (χ3n) is 8.25. The number of aromatic nitrogens is 6. The maximum atomic E-state index is 15.8. The van der Waals surface area contributed by atoms with Crippen molar-refractivity contribution >= 4 is 28.8 Å². The van der Waals surface area contributed by atoms with Gasteiger partial charge in [-0.15, -0.1) is 5.10 Å². The monoisotopic (exact) mass is 600 g/mol. The van der Waals surface area contributed by atoms with E-state index in [9.17, 15) is 14.3 Å². The summed E-state index contributed by atoms with van der Waals surface area (Å²) in [5.41, 5.74) is -0.810. The Labute approximate surface area is 248 Å². The summed E-state index contributed by atoms with van der Waals surface area (Å²) in [4.78, 5) is 30.0. The van der Waals surface area contributed by atoms with Crippen molar-refractivity contribution in [3.05, 3.63) is 82.8 Å². The molecule has 2 unspecified atom stereocenters. The van der Waals surface area contributed by atoms with Gasteiger partial charge < -0.3 is 15.3 Å². The van der Waals surface area contributed by atoms with E-state index in [1.165, 1.54) is 34.7 Å². The second kappa shape index (κ2) is 10.1. The topological polar surface area (TPSA) is 114 Å². The highest BCUT2D eigenvalue weighted by atomic mass is 32.2. The molecule has 0 amide bonds. The SMILES string of the molecule is O=c1nc(N2CC3CCC(C2)N3)c2cc(F)c(-c3c(O)cccc3F)nc2n1-c1cccc(Sn2cnc(C3CC3)n2)c1. The van der Waals surface area contributed by atoms with E-state index in [0.29, 0.717) is 35.9 Å². The van der Waals surface area contributed by atoms with Crippen LogP contribution in [-0.2, 0) is 0 Å². The van der Waals surface area contributed by atoms with Gasteiger partial charge in [0.05, 0.1) is 16.6 Å². The first-order valence-corrected chi connectivity index (χ1v) is 15.0. The van der Waals surface area contributed by atoms with Crippen molar-refractivity contribution in [1.82, 2.24) is 34.0 Å². The molecule has 3 aliphatic rings. The average molecular weight is 601 g/mol. The lowest BCUT2D eigenvalue weighted by molar-refractivity contribution is 0.463. The van der Waals surface area contributed by atoms with Crippen LogP contribution in [0.15, 0.2) is 64.5 Å².